The molecule has 1 heterocycles. The number of amides is 1. The molecule has 1 N–H and O–H groups in total. The summed E-state index contributed by atoms with van der Waals surface area (Å²) in [6.45, 7) is 4.72. The molecule has 2 aromatic rings. The molecule has 3 rings (SSSR count). The number of hydrogen-bond donors (Lipinski definition) is 1. The van der Waals surface area contributed by atoms with E-state index in [4.69, 9.17) is 9.47 Å². The Balaban J connectivity index is 1.71. The van der Waals surface area contributed by atoms with Gasteiger partial charge in [0.15, 0.2) is 6.10 Å². The van der Waals surface area contributed by atoms with Crippen molar-refractivity contribution in [2.45, 2.75) is 13.0 Å². The van der Waals surface area contributed by atoms with Gasteiger partial charge in [0.1, 0.15) is 5.75 Å². The van der Waals surface area contributed by atoms with E-state index in [1.165, 1.54) is 0 Å². The summed E-state index contributed by atoms with van der Waals surface area (Å²) in [5, 5.41) is 2.99. The van der Waals surface area contributed by atoms with Crippen LogP contribution in [-0.4, -0.2) is 38.3 Å². The molecular weight excluding hydrogens is 464 g/mol. The average Bonchev–Trinajstić information content (AvgIpc) is 2.64. The average molecular weight is 484 g/mol. The molecule has 0 radical (unpaired) electrons. The predicted octanol–water partition coefficient (Wildman–Crippen LogP) is 4.45. The Morgan fingerprint density at radius 1 is 1.12 bits per heavy atom. The van der Waals surface area contributed by atoms with Crippen LogP contribution in [-0.2, 0) is 9.53 Å². The number of anilines is 2. The van der Waals surface area contributed by atoms with E-state index in [1.54, 1.807) is 6.92 Å². The minimum Gasteiger partial charge on any atom is -0.481 e. The predicted molar refractivity (Wildman–Crippen MR) is 110 cm³/mol. The normalized spacial score (nSPS) is 15.4. The molecule has 0 aliphatic carbocycles. The maximum absolute atomic E-state index is 12.6. The molecule has 7 heteroatoms. The number of carbonyl (C=O) groups is 1. The van der Waals surface area contributed by atoms with E-state index in [-0.39, 0.29) is 5.91 Å². The van der Waals surface area contributed by atoms with Gasteiger partial charge in [0, 0.05) is 22.0 Å². The lowest BCUT2D eigenvalue weighted by Crippen LogP contribution is -2.37. The van der Waals surface area contributed by atoms with Crippen molar-refractivity contribution in [2.75, 3.05) is 36.5 Å². The third-order valence-corrected chi connectivity index (χ3v) is 5.09. The highest BCUT2D eigenvalue weighted by Crippen LogP contribution is 2.30. The lowest BCUT2D eigenvalue weighted by molar-refractivity contribution is -0.122. The van der Waals surface area contributed by atoms with Crippen molar-refractivity contribution < 1.29 is 14.3 Å². The molecule has 1 fully saturated rings. The summed E-state index contributed by atoms with van der Waals surface area (Å²) in [7, 11) is 0. The van der Waals surface area contributed by atoms with Crippen LogP contribution in [0.2, 0.25) is 0 Å². The van der Waals surface area contributed by atoms with Crippen molar-refractivity contribution in [1.29, 1.82) is 0 Å². The molecule has 138 valence electrons. The van der Waals surface area contributed by atoms with E-state index in [9.17, 15) is 4.79 Å². The first-order valence-corrected chi connectivity index (χ1v) is 9.97. The number of ether oxygens (including phenoxy) is 2. The quantitative estimate of drug-likeness (QED) is 0.682. The summed E-state index contributed by atoms with van der Waals surface area (Å²) in [4.78, 5) is 14.8. The summed E-state index contributed by atoms with van der Waals surface area (Å²) in [6.07, 6.45) is -0.618. The smallest absolute Gasteiger partial charge is 0.265 e. The number of carbonyl (C=O) groups excluding carboxylic acids is 1. The molecule has 1 atom stereocenters. The third kappa shape index (κ3) is 4.99. The lowest BCUT2D eigenvalue weighted by atomic mass is 10.2. The lowest BCUT2D eigenvalue weighted by Gasteiger charge is -2.31. The molecule has 2 aromatic carbocycles. The van der Waals surface area contributed by atoms with Crippen LogP contribution in [0.5, 0.6) is 5.75 Å². The van der Waals surface area contributed by atoms with Gasteiger partial charge in [-0.1, -0.05) is 31.9 Å². The summed E-state index contributed by atoms with van der Waals surface area (Å²) in [6, 6.07) is 13.3. The monoisotopic (exact) mass is 482 g/mol. The van der Waals surface area contributed by atoms with Crippen LogP contribution >= 0.6 is 31.9 Å². The number of benzene rings is 2. The second-order valence-electron chi connectivity index (χ2n) is 5.96. The van der Waals surface area contributed by atoms with Crippen LogP contribution in [0.1, 0.15) is 6.92 Å². The Hall–Kier alpha value is -1.57. The van der Waals surface area contributed by atoms with Gasteiger partial charge in [0.25, 0.3) is 5.91 Å². The Labute approximate surface area is 169 Å². The van der Waals surface area contributed by atoms with Gasteiger partial charge in [-0.25, -0.2) is 0 Å². The molecule has 0 aromatic heterocycles. The fourth-order valence-corrected chi connectivity index (χ4v) is 3.32. The summed E-state index contributed by atoms with van der Waals surface area (Å²) < 4.78 is 13.0. The zero-order valence-electron chi connectivity index (χ0n) is 14.4. The van der Waals surface area contributed by atoms with Gasteiger partial charge < -0.3 is 19.7 Å². The summed E-state index contributed by atoms with van der Waals surface area (Å²) in [5.74, 6) is 0.457. The molecule has 1 aliphatic heterocycles. The van der Waals surface area contributed by atoms with E-state index < -0.39 is 6.10 Å². The van der Waals surface area contributed by atoms with Gasteiger partial charge in [-0.15, -0.1) is 0 Å². The Kier molecular flexibility index (Phi) is 6.56. The van der Waals surface area contributed by atoms with E-state index in [2.05, 4.69) is 42.1 Å². The zero-order valence-corrected chi connectivity index (χ0v) is 17.5. The Bertz CT molecular complexity index is 762. The second kappa shape index (κ2) is 8.88. The van der Waals surface area contributed by atoms with Crippen molar-refractivity contribution in [3.05, 3.63) is 51.4 Å². The number of nitrogens with zero attached hydrogens (tertiary/aromatic N) is 1. The Morgan fingerprint density at radius 2 is 1.77 bits per heavy atom. The van der Waals surface area contributed by atoms with Crippen molar-refractivity contribution in [3.63, 3.8) is 0 Å². The molecule has 1 saturated heterocycles. The van der Waals surface area contributed by atoms with E-state index >= 15 is 0 Å². The van der Waals surface area contributed by atoms with Gasteiger partial charge in [-0.3, -0.25) is 4.79 Å². The van der Waals surface area contributed by atoms with Crippen molar-refractivity contribution in [1.82, 2.24) is 0 Å². The molecule has 0 saturated carbocycles. The number of halogens is 2. The highest BCUT2D eigenvalue weighted by Gasteiger charge is 2.20. The highest BCUT2D eigenvalue weighted by molar-refractivity contribution is 9.10. The first-order valence-electron chi connectivity index (χ1n) is 8.38. The van der Waals surface area contributed by atoms with Crippen LogP contribution in [0.15, 0.2) is 51.4 Å². The number of hydrogen-bond acceptors (Lipinski definition) is 4. The first-order chi connectivity index (χ1) is 12.5. The van der Waals surface area contributed by atoms with E-state index in [0.29, 0.717) is 19.0 Å². The molecule has 1 unspecified atom stereocenters. The van der Waals surface area contributed by atoms with Gasteiger partial charge in [-0.2, -0.15) is 0 Å². The van der Waals surface area contributed by atoms with Gasteiger partial charge in [0.05, 0.1) is 24.6 Å². The van der Waals surface area contributed by atoms with Crippen molar-refractivity contribution >= 4 is 49.1 Å². The summed E-state index contributed by atoms with van der Waals surface area (Å²) in [5.41, 5.74) is 1.75. The maximum Gasteiger partial charge on any atom is 0.265 e. The summed E-state index contributed by atoms with van der Waals surface area (Å²) >= 11 is 6.86. The van der Waals surface area contributed by atoms with Crippen molar-refractivity contribution in [2.24, 2.45) is 0 Å². The number of morpholine rings is 1. The highest BCUT2D eigenvalue weighted by atomic mass is 79.9. The third-order valence-electron chi connectivity index (χ3n) is 4.06. The van der Waals surface area contributed by atoms with Crippen LogP contribution < -0.4 is 15.0 Å². The van der Waals surface area contributed by atoms with Gasteiger partial charge in [-0.05, 0) is 49.4 Å². The van der Waals surface area contributed by atoms with Gasteiger partial charge in [0.2, 0.25) is 0 Å². The number of nitrogens with one attached hydrogen (secondary N) is 1. The minimum atomic E-state index is -0.618. The molecular formula is C19H20Br2N2O3. The number of rotatable bonds is 5. The molecule has 26 heavy (non-hydrogen) atoms. The van der Waals surface area contributed by atoms with Gasteiger partial charge >= 0.3 is 0 Å². The largest absolute Gasteiger partial charge is 0.481 e. The van der Waals surface area contributed by atoms with Crippen LogP contribution in [0.3, 0.4) is 0 Å². The first kappa shape index (κ1) is 19.2. The maximum atomic E-state index is 12.6. The molecule has 5 nitrogen and oxygen atoms in total. The Morgan fingerprint density at radius 3 is 2.46 bits per heavy atom. The van der Waals surface area contributed by atoms with Crippen LogP contribution in [0.4, 0.5) is 11.4 Å². The fourth-order valence-electron chi connectivity index (χ4n) is 2.69. The molecule has 0 bridgehead atoms. The zero-order chi connectivity index (χ0) is 18.5. The van der Waals surface area contributed by atoms with Crippen LogP contribution in [0, 0.1) is 0 Å². The standard InChI is InChI=1S/C19H20Br2N2O3/c1-13(26-16-5-2-14(20)3-6-16)19(24)22-17-12-15(21)4-7-18(17)23-8-10-25-11-9-23/h2-7,12-13H,8-11H2,1H3,(H,22,24). The molecule has 1 amide bonds. The molecule has 0 spiro atoms. The minimum absolute atomic E-state index is 0.194. The van der Waals surface area contributed by atoms with E-state index in [1.807, 2.05) is 42.5 Å². The fraction of sp³-hybridized carbons (Fsp3) is 0.316. The van der Waals surface area contributed by atoms with E-state index in [0.717, 1.165) is 33.4 Å². The van der Waals surface area contributed by atoms with Crippen LogP contribution in [0.25, 0.3) is 0 Å². The SMILES string of the molecule is CC(Oc1ccc(Br)cc1)C(=O)Nc1cc(Br)ccc1N1CCOCC1. The van der Waals surface area contributed by atoms with Crippen molar-refractivity contribution in [3.8, 4) is 5.75 Å². The second-order valence-corrected chi connectivity index (χ2v) is 7.80. The molecule has 1 aliphatic rings. The topological polar surface area (TPSA) is 50.8 Å².